The Morgan fingerprint density at radius 1 is 1.10 bits per heavy atom. The molecule has 0 amide bonds. The standard InChI is InChI=1S/C18H21NS/c1-13-7-8-14(2)18(11-13)20-16-10-9-15-5-3-4-6-17(15)19-12-16/h3-8,11,16,19H,9-10,12H2,1-2H3. The molecule has 0 fully saturated rings. The normalized spacial score (nSPS) is 18.0. The van der Waals surface area contributed by atoms with Gasteiger partial charge in [0.2, 0.25) is 0 Å². The zero-order valence-electron chi connectivity index (χ0n) is 12.1. The molecule has 1 unspecified atom stereocenters. The van der Waals surface area contributed by atoms with Crippen LogP contribution >= 0.6 is 11.8 Å². The summed E-state index contributed by atoms with van der Waals surface area (Å²) < 4.78 is 0. The summed E-state index contributed by atoms with van der Waals surface area (Å²) >= 11 is 2.03. The Kier molecular flexibility index (Phi) is 4.02. The number of rotatable bonds is 2. The van der Waals surface area contributed by atoms with E-state index >= 15 is 0 Å². The lowest BCUT2D eigenvalue weighted by Gasteiger charge is -2.16. The van der Waals surface area contributed by atoms with Gasteiger partial charge < -0.3 is 5.32 Å². The predicted molar refractivity (Wildman–Crippen MR) is 88.8 cm³/mol. The van der Waals surface area contributed by atoms with E-state index in [9.17, 15) is 0 Å². The molecule has 2 aromatic rings. The Balaban J connectivity index is 1.73. The Morgan fingerprint density at radius 2 is 1.95 bits per heavy atom. The van der Waals surface area contributed by atoms with Crippen molar-refractivity contribution in [2.24, 2.45) is 0 Å². The van der Waals surface area contributed by atoms with Crippen molar-refractivity contribution < 1.29 is 0 Å². The molecule has 1 heterocycles. The van der Waals surface area contributed by atoms with Crippen molar-refractivity contribution in [3.05, 3.63) is 59.2 Å². The highest BCUT2D eigenvalue weighted by Gasteiger charge is 2.17. The van der Waals surface area contributed by atoms with Gasteiger partial charge in [-0.05, 0) is 49.9 Å². The molecule has 0 spiro atoms. The molecule has 2 aromatic carbocycles. The number of thioether (sulfide) groups is 1. The van der Waals surface area contributed by atoms with Crippen molar-refractivity contribution in [3.63, 3.8) is 0 Å². The van der Waals surface area contributed by atoms with Crippen molar-refractivity contribution in [2.45, 2.75) is 36.8 Å². The molecule has 1 N–H and O–H groups in total. The summed E-state index contributed by atoms with van der Waals surface area (Å²) in [6, 6.07) is 15.4. The summed E-state index contributed by atoms with van der Waals surface area (Å²) in [5, 5.41) is 4.25. The van der Waals surface area contributed by atoms with Crippen LogP contribution in [0.4, 0.5) is 5.69 Å². The van der Waals surface area contributed by atoms with Crippen molar-refractivity contribution in [1.82, 2.24) is 0 Å². The number of benzene rings is 2. The minimum absolute atomic E-state index is 0.642. The van der Waals surface area contributed by atoms with E-state index in [-0.39, 0.29) is 0 Å². The van der Waals surface area contributed by atoms with Gasteiger partial charge in [0.25, 0.3) is 0 Å². The van der Waals surface area contributed by atoms with Gasteiger partial charge in [-0.15, -0.1) is 11.8 Å². The van der Waals surface area contributed by atoms with Crippen LogP contribution in [-0.2, 0) is 6.42 Å². The first-order chi connectivity index (χ1) is 9.72. The summed E-state index contributed by atoms with van der Waals surface area (Å²) in [7, 11) is 0. The van der Waals surface area contributed by atoms with E-state index in [0.29, 0.717) is 5.25 Å². The van der Waals surface area contributed by atoms with Crippen LogP contribution in [0.1, 0.15) is 23.1 Å². The Morgan fingerprint density at radius 3 is 2.85 bits per heavy atom. The van der Waals surface area contributed by atoms with Gasteiger partial charge in [-0.1, -0.05) is 35.9 Å². The Bertz CT molecular complexity index is 579. The third-order valence-electron chi connectivity index (χ3n) is 3.91. The lowest BCUT2D eigenvalue weighted by molar-refractivity contribution is 0.803. The molecule has 0 saturated carbocycles. The predicted octanol–water partition coefficient (Wildman–Crippen LogP) is 4.82. The third kappa shape index (κ3) is 3.01. The Labute approximate surface area is 125 Å². The third-order valence-corrected chi connectivity index (χ3v) is 5.34. The van der Waals surface area contributed by atoms with E-state index in [4.69, 9.17) is 0 Å². The van der Waals surface area contributed by atoms with Crippen molar-refractivity contribution in [3.8, 4) is 0 Å². The average Bonchev–Trinajstić information content (AvgIpc) is 2.66. The molecule has 0 saturated heterocycles. The average molecular weight is 283 g/mol. The van der Waals surface area contributed by atoms with Crippen LogP contribution in [0.5, 0.6) is 0 Å². The van der Waals surface area contributed by atoms with E-state index in [1.54, 1.807) is 0 Å². The van der Waals surface area contributed by atoms with Crippen LogP contribution in [0.15, 0.2) is 47.4 Å². The molecule has 0 radical (unpaired) electrons. The van der Waals surface area contributed by atoms with E-state index in [1.807, 2.05) is 11.8 Å². The maximum Gasteiger partial charge on any atom is 0.0373 e. The quantitative estimate of drug-likeness (QED) is 0.848. The molecule has 3 rings (SSSR count). The van der Waals surface area contributed by atoms with Gasteiger partial charge in [-0.2, -0.15) is 0 Å². The second-order valence-corrected chi connectivity index (χ2v) is 6.93. The number of para-hydroxylation sites is 1. The summed E-state index contributed by atoms with van der Waals surface area (Å²) in [6.45, 7) is 5.43. The molecule has 1 aliphatic heterocycles. The molecule has 20 heavy (non-hydrogen) atoms. The summed E-state index contributed by atoms with van der Waals surface area (Å²) in [5.41, 5.74) is 5.51. The monoisotopic (exact) mass is 283 g/mol. The number of aryl methyl sites for hydroxylation is 3. The number of anilines is 1. The van der Waals surface area contributed by atoms with E-state index in [2.05, 4.69) is 61.6 Å². The van der Waals surface area contributed by atoms with Crippen LogP contribution in [0.25, 0.3) is 0 Å². The first-order valence-electron chi connectivity index (χ1n) is 7.28. The topological polar surface area (TPSA) is 12.0 Å². The fraction of sp³-hybridized carbons (Fsp3) is 0.333. The van der Waals surface area contributed by atoms with E-state index in [0.717, 1.165) is 6.54 Å². The van der Waals surface area contributed by atoms with Gasteiger partial charge in [0.05, 0.1) is 0 Å². The number of nitrogens with one attached hydrogen (secondary N) is 1. The van der Waals surface area contributed by atoms with E-state index < -0.39 is 0 Å². The number of hydrogen-bond acceptors (Lipinski definition) is 2. The number of fused-ring (bicyclic) bond motifs is 1. The van der Waals surface area contributed by atoms with Gasteiger partial charge in [0.1, 0.15) is 0 Å². The molecule has 1 nitrogen and oxygen atoms in total. The zero-order valence-corrected chi connectivity index (χ0v) is 13.0. The molecule has 1 atom stereocenters. The second-order valence-electron chi connectivity index (χ2n) is 5.59. The van der Waals surface area contributed by atoms with Crippen LogP contribution in [-0.4, -0.2) is 11.8 Å². The fourth-order valence-corrected chi connectivity index (χ4v) is 3.94. The van der Waals surface area contributed by atoms with Gasteiger partial charge in [-0.25, -0.2) is 0 Å². The highest BCUT2D eigenvalue weighted by atomic mass is 32.2. The largest absolute Gasteiger partial charge is 0.384 e. The minimum atomic E-state index is 0.642. The highest BCUT2D eigenvalue weighted by molar-refractivity contribution is 8.00. The van der Waals surface area contributed by atoms with Gasteiger partial charge in [-0.3, -0.25) is 0 Å². The molecular weight excluding hydrogens is 262 g/mol. The molecule has 1 aliphatic rings. The van der Waals surface area contributed by atoms with Crippen molar-refractivity contribution in [2.75, 3.05) is 11.9 Å². The fourth-order valence-electron chi connectivity index (χ4n) is 2.67. The molecule has 0 bridgehead atoms. The smallest absolute Gasteiger partial charge is 0.0373 e. The maximum atomic E-state index is 3.61. The first kappa shape index (κ1) is 13.6. The van der Waals surface area contributed by atoms with Crippen LogP contribution in [0, 0.1) is 13.8 Å². The molecule has 2 heteroatoms. The summed E-state index contributed by atoms with van der Waals surface area (Å²) in [5.74, 6) is 0. The highest BCUT2D eigenvalue weighted by Crippen LogP contribution is 2.32. The van der Waals surface area contributed by atoms with Gasteiger partial charge in [0.15, 0.2) is 0 Å². The van der Waals surface area contributed by atoms with Crippen LogP contribution in [0.3, 0.4) is 0 Å². The van der Waals surface area contributed by atoms with Crippen molar-refractivity contribution in [1.29, 1.82) is 0 Å². The lowest BCUT2D eigenvalue weighted by Crippen LogP contribution is -2.14. The lowest BCUT2D eigenvalue weighted by atomic mass is 10.1. The molecular formula is C18H21NS. The minimum Gasteiger partial charge on any atom is -0.384 e. The zero-order chi connectivity index (χ0) is 13.9. The van der Waals surface area contributed by atoms with Crippen LogP contribution < -0.4 is 5.32 Å². The Hall–Kier alpha value is -1.41. The maximum absolute atomic E-state index is 3.61. The summed E-state index contributed by atoms with van der Waals surface area (Å²) in [6.07, 6.45) is 2.41. The molecule has 104 valence electrons. The number of hydrogen-bond donors (Lipinski definition) is 1. The van der Waals surface area contributed by atoms with Gasteiger partial charge >= 0.3 is 0 Å². The second kappa shape index (κ2) is 5.92. The summed E-state index contributed by atoms with van der Waals surface area (Å²) in [4.78, 5) is 1.43. The molecule has 0 aliphatic carbocycles. The van der Waals surface area contributed by atoms with Crippen LogP contribution in [0.2, 0.25) is 0 Å². The van der Waals surface area contributed by atoms with Gasteiger partial charge in [0, 0.05) is 22.4 Å². The van der Waals surface area contributed by atoms with E-state index in [1.165, 1.54) is 40.1 Å². The molecule has 0 aromatic heterocycles. The van der Waals surface area contributed by atoms with Crippen molar-refractivity contribution >= 4 is 17.4 Å². The first-order valence-corrected chi connectivity index (χ1v) is 8.16. The SMILES string of the molecule is Cc1ccc(C)c(SC2CCc3ccccc3NC2)c1.